The highest BCUT2D eigenvalue weighted by Crippen LogP contribution is 2.23. The van der Waals surface area contributed by atoms with Gasteiger partial charge in [0, 0.05) is 6.54 Å². The van der Waals surface area contributed by atoms with Gasteiger partial charge in [0.25, 0.3) is 10.0 Å². The number of sulfonamides is 1. The summed E-state index contributed by atoms with van der Waals surface area (Å²) in [4.78, 5) is 7.82. The van der Waals surface area contributed by atoms with Crippen molar-refractivity contribution in [3.05, 3.63) is 41.7 Å². The van der Waals surface area contributed by atoms with Gasteiger partial charge in [0.15, 0.2) is 0 Å². The van der Waals surface area contributed by atoms with Gasteiger partial charge < -0.3 is 5.32 Å². The van der Waals surface area contributed by atoms with Crippen LogP contribution in [-0.4, -0.2) is 24.9 Å². The molecule has 6 nitrogen and oxygen atoms in total. The SMILES string of the molecule is CCNc1ncc(S(=O)(=O)Nc2ccccc2Cl)cn1. The summed E-state index contributed by atoms with van der Waals surface area (Å²) in [6.07, 6.45) is 2.48. The fourth-order valence-corrected chi connectivity index (χ4v) is 2.66. The fourth-order valence-electron chi connectivity index (χ4n) is 1.45. The molecule has 1 aromatic heterocycles. The molecule has 20 heavy (non-hydrogen) atoms. The molecule has 106 valence electrons. The van der Waals surface area contributed by atoms with E-state index in [-0.39, 0.29) is 4.90 Å². The molecule has 2 N–H and O–H groups in total. The molecule has 0 amide bonds. The van der Waals surface area contributed by atoms with E-state index in [2.05, 4.69) is 20.0 Å². The number of rotatable bonds is 5. The third-order valence-electron chi connectivity index (χ3n) is 2.39. The first-order chi connectivity index (χ1) is 9.53. The minimum Gasteiger partial charge on any atom is -0.355 e. The Kier molecular flexibility index (Phi) is 4.41. The number of halogens is 1. The lowest BCUT2D eigenvalue weighted by Crippen LogP contribution is -2.14. The Balaban J connectivity index is 2.24. The molecule has 0 atom stereocenters. The molecule has 0 aliphatic heterocycles. The van der Waals surface area contributed by atoms with E-state index in [0.29, 0.717) is 23.2 Å². The lowest BCUT2D eigenvalue weighted by Gasteiger charge is -2.09. The van der Waals surface area contributed by atoms with Crippen LogP contribution in [0, 0.1) is 0 Å². The predicted molar refractivity (Wildman–Crippen MR) is 78.5 cm³/mol. The van der Waals surface area contributed by atoms with Crippen molar-refractivity contribution in [3.63, 3.8) is 0 Å². The van der Waals surface area contributed by atoms with E-state index in [1.165, 1.54) is 12.4 Å². The molecule has 1 heterocycles. The van der Waals surface area contributed by atoms with Gasteiger partial charge >= 0.3 is 0 Å². The maximum atomic E-state index is 12.2. The number of para-hydroxylation sites is 1. The zero-order chi connectivity index (χ0) is 14.6. The first-order valence-corrected chi connectivity index (χ1v) is 7.72. The third-order valence-corrected chi connectivity index (χ3v) is 4.04. The summed E-state index contributed by atoms with van der Waals surface area (Å²) in [6, 6.07) is 6.58. The maximum Gasteiger partial charge on any atom is 0.265 e. The molecular formula is C12H13ClN4O2S. The first-order valence-electron chi connectivity index (χ1n) is 5.86. The molecule has 0 fully saturated rings. The molecule has 0 saturated carbocycles. The summed E-state index contributed by atoms with van der Waals surface area (Å²) >= 11 is 5.92. The summed E-state index contributed by atoms with van der Waals surface area (Å²) in [7, 11) is -3.75. The van der Waals surface area contributed by atoms with Gasteiger partial charge in [0.1, 0.15) is 4.90 Å². The summed E-state index contributed by atoms with van der Waals surface area (Å²) in [5.74, 6) is 0.379. The van der Waals surface area contributed by atoms with E-state index in [1.54, 1.807) is 24.3 Å². The molecule has 8 heteroatoms. The van der Waals surface area contributed by atoms with E-state index < -0.39 is 10.0 Å². The van der Waals surface area contributed by atoms with Crippen LogP contribution >= 0.6 is 11.6 Å². The van der Waals surface area contributed by atoms with Gasteiger partial charge in [-0.15, -0.1) is 0 Å². The van der Waals surface area contributed by atoms with Crippen LogP contribution in [-0.2, 0) is 10.0 Å². The predicted octanol–water partition coefficient (Wildman–Crippen LogP) is 2.36. The van der Waals surface area contributed by atoms with E-state index in [1.807, 2.05) is 6.92 Å². The van der Waals surface area contributed by atoms with Gasteiger partial charge in [0.2, 0.25) is 5.95 Å². The highest BCUT2D eigenvalue weighted by Gasteiger charge is 2.16. The Morgan fingerprint density at radius 3 is 2.45 bits per heavy atom. The van der Waals surface area contributed by atoms with Gasteiger partial charge in [-0.1, -0.05) is 23.7 Å². The van der Waals surface area contributed by atoms with Crippen LogP contribution in [0.5, 0.6) is 0 Å². The lowest BCUT2D eigenvalue weighted by atomic mass is 10.3. The highest BCUT2D eigenvalue weighted by atomic mass is 35.5. The monoisotopic (exact) mass is 312 g/mol. The van der Waals surface area contributed by atoms with Gasteiger partial charge in [-0.2, -0.15) is 0 Å². The molecule has 0 aliphatic carbocycles. The Labute approximate surface area is 122 Å². The smallest absolute Gasteiger partial charge is 0.265 e. The number of anilines is 2. The zero-order valence-corrected chi connectivity index (χ0v) is 12.2. The van der Waals surface area contributed by atoms with Crippen LogP contribution in [0.15, 0.2) is 41.6 Å². The second-order valence-electron chi connectivity index (χ2n) is 3.86. The molecule has 0 aliphatic rings. The minimum absolute atomic E-state index is 0.0286. The Bertz CT molecular complexity index is 689. The van der Waals surface area contributed by atoms with Crippen molar-refractivity contribution in [3.8, 4) is 0 Å². The molecule has 1 aromatic carbocycles. The van der Waals surface area contributed by atoms with Crippen LogP contribution in [0.3, 0.4) is 0 Å². The van der Waals surface area contributed by atoms with Gasteiger partial charge in [-0.3, -0.25) is 4.72 Å². The second-order valence-corrected chi connectivity index (χ2v) is 5.95. The molecular weight excluding hydrogens is 300 g/mol. The topological polar surface area (TPSA) is 84.0 Å². The van der Waals surface area contributed by atoms with Crippen molar-refractivity contribution in [1.29, 1.82) is 0 Å². The fraction of sp³-hybridized carbons (Fsp3) is 0.167. The molecule has 2 rings (SSSR count). The zero-order valence-electron chi connectivity index (χ0n) is 10.7. The van der Waals surface area contributed by atoms with Gasteiger partial charge in [-0.05, 0) is 19.1 Å². The largest absolute Gasteiger partial charge is 0.355 e. The maximum absolute atomic E-state index is 12.2. The minimum atomic E-state index is -3.75. The Morgan fingerprint density at radius 1 is 1.20 bits per heavy atom. The number of aromatic nitrogens is 2. The molecule has 0 unspecified atom stereocenters. The number of hydrogen-bond donors (Lipinski definition) is 2. The van der Waals surface area contributed by atoms with E-state index in [9.17, 15) is 8.42 Å². The summed E-state index contributed by atoms with van der Waals surface area (Å²) in [5.41, 5.74) is 0.310. The van der Waals surface area contributed by atoms with E-state index in [0.717, 1.165) is 0 Å². The number of nitrogens with one attached hydrogen (secondary N) is 2. The number of benzene rings is 1. The van der Waals surface area contributed by atoms with Crippen molar-refractivity contribution in [1.82, 2.24) is 9.97 Å². The van der Waals surface area contributed by atoms with Crippen LogP contribution in [0.1, 0.15) is 6.92 Å². The lowest BCUT2D eigenvalue weighted by molar-refractivity contribution is 0.600. The molecule has 0 spiro atoms. The van der Waals surface area contributed by atoms with Crippen molar-refractivity contribution in [2.45, 2.75) is 11.8 Å². The molecule has 2 aromatic rings. The van der Waals surface area contributed by atoms with E-state index in [4.69, 9.17) is 11.6 Å². The quantitative estimate of drug-likeness (QED) is 0.885. The molecule has 0 saturated heterocycles. The van der Waals surface area contributed by atoms with Crippen molar-refractivity contribution in [2.75, 3.05) is 16.6 Å². The van der Waals surface area contributed by atoms with Crippen LogP contribution < -0.4 is 10.0 Å². The third kappa shape index (κ3) is 3.37. The summed E-state index contributed by atoms with van der Waals surface area (Å²) in [5, 5.41) is 3.21. The van der Waals surface area contributed by atoms with Gasteiger partial charge in [0.05, 0.1) is 23.1 Å². The normalized spacial score (nSPS) is 11.1. The number of hydrogen-bond acceptors (Lipinski definition) is 5. The summed E-state index contributed by atoms with van der Waals surface area (Å²) < 4.78 is 26.7. The molecule has 0 radical (unpaired) electrons. The van der Waals surface area contributed by atoms with Gasteiger partial charge in [-0.25, -0.2) is 18.4 Å². The Morgan fingerprint density at radius 2 is 1.85 bits per heavy atom. The average molecular weight is 313 g/mol. The molecule has 0 bridgehead atoms. The highest BCUT2D eigenvalue weighted by molar-refractivity contribution is 7.92. The van der Waals surface area contributed by atoms with Crippen LogP contribution in [0.4, 0.5) is 11.6 Å². The average Bonchev–Trinajstić information content (AvgIpc) is 2.42. The Hall–Kier alpha value is -1.86. The summed E-state index contributed by atoms with van der Waals surface area (Å²) in [6.45, 7) is 2.55. The van der Waals surface area contributed by atoms with E-state index >= 15 is 0 Å². The standard InChI is InChI=1S/C12H13ClN4O2S/c1-2-14-12-15-7-9(8-16-12)20(18,19)17-11-6-4-3-5-10(11)13/h3-8,17H,2H2,1H3,(H,14,15,16). The second kappa shape index (κ2) is 6.06. The first kappa shape index (κ1) is 14.5. The van der Waals surface area contributed by atoms with Crippen molar-refractivity contribution >= 4 is 33.3 Å². The van der Waals surface area contributed by atoms with Crippen LogP contribution in [0.25, 0.3) is 0 Å². The van der Waals surface area contributed by atoms with Crippen LogP contribution in [0.2, 0.25) is 5.02 Å². The van der Waals surface area contributed by atoms with Crippen molar-refractivity contribution < 1.29 is 8.42 Å². The van der Waals surface area contributed by atoms with Crippen molar-refractivity contribution in [2.24, 2.45) is 0 Å². The number of nitrogens with zero attached hydrogens (tertiary/aromatic N) is 2.